The van der Waals surface area contributed by atoms with Gasteiger partial charge in [-0.1, -0.05) is 12.1 Å². The predicted octanol–water partition coefficient (Wildman–Crippen LogP) is 2.26. The first-order chi connectivity index (χ1) is 9.47. The van der Waals surface area contributed by atoms with E-state index < -0.39 is 11.7 Å². The summed E-state index contributed by atoms with van der Waals surface area (Å²) in [7, 11) is 0. The van der Waals surface area contributed by atoms with Crippen LogP contribution in [-0.2, 0) is 6.54 Å². The molecule has 0 aliphatic heterocycles. The lowest BCUT2D eigenvalue weighted by Gasteiger charge is -2.10. The van der Waals surface area contributed by atoms with Crippen molar-refractivity contribution in [3.63, 3.8) is 0 Å². The van der Waals surface area contributed by atoms with E-state index >= 15 is 0 Å². The first-order valence-corrected chi connectivity index (χ1v) is 5.84. The van der Waals surface area contributed by atoms with Crippen LogP contribution in [0.5, 0.6) is 0 Å². The highest BCUT2D eigenvalue weighted by molar-refractivity contribution is 5.99. The maximum atomic E-state index is 13.7. The molecule has 0 aliphatic rings. The summed E-state index contributed by atoms with van der Waals surface area (Å²) in [4.78, 5) is 11.1. The van der Waals surface area contributed by atoms with E-state index in [1.54, 1.807) is 12.1 Å². The van der Waals surface area contributed by atoms with E-state index in [9.17, 15) is 13.6 Å². The second kappa shape index (κ2) is 5.56. The van der Waals surface area contributed by atoms with Gasteiger partial charge in [-0.2, -0.15) is 0 Å². The van der Waals surface area contributed by atoms with E-state index in [1.807, 2.05) is 0 Å². The van der Waals surface area contributed by atoms with Gasteiger partial charge in [-0.05, 0) is 29.8 Å². The van der Waals surface area contributed by atoms with Crippen LogP contribution in [0, 0.1) is 11.6 Å². The molecular formula is C14H13F2N3O. The molecule has 2 aromatic rings. The standard InChI is InChI=1S/C14H13F2N3O/c15-9-3-1-2-8(4-9)7-19-13-5-10(14(18)20)12(17)6-11(13)16/h1-6,19H,7,17H2,(H2,18,20). The Bertz CT molecular complexity index is 659. The van der Waals surface area contributed by atoms with E-state index in [2.05, 4.69) is 5.32 Å². The topological polar surface area (TPSA) is 81.1 Å². The lowest BCUT2D eigenvalue weighted by atomic mass is 10.1. The van der Waals surface area contributed by atoms with Gasteiger partial charge in [0.15, 0.2) is 0 Å². The van der Waals surface area contributed by atoms with Crippen LogP contribution >= 0.6 is 0 Å². The van der Waals surface area contributed by atoms with Crippen LogP contribution in [0.3, 0.4) is 0 Å². The molecule has 5 N–H and O–H groups in total. The Balaban J connectivity index is 2.21. The third-order valence-corrected chi connectivity index (χ3v) is 2.78. The Labute approximate surface area is 114 Å². The molecule has 104 valence electrons. The van der Waals surface area contributed by atoms with Crippen LogP contribution in [0.2, 0.25) is 0 Å². The molecule has 0 aromatic heterocycles. The molecule has 0 saturated heterocycles. The van der Waals surface area contributed by atoms with Gasteiger partial charge in [0, 0.05) is 12.2 Å². The fourth-order valence-corrected chi connectivity index (χ4v) is 1.78. The van der Waals surface area contributed by atoms with Crippen LogP contribution < -0.4 is 16.8 Å². The number of primary amides is 1. The lowest BCUT2D eigenvalue weighted by Crippen LogP contribution is -2.15. The van der Waals surface area contributed by atoms with Gasteiger partial charge >= 0.3 is 0 Å². The van der Waals surface area contributed by atoms with Crippen LogP contribution in [0.4, 0.5) is 20.2 Å². The van der Waals surface area contributed by atoms with Gasteiger partial charge in [-0.3, -0.25) is 4.79 Å². The number of halogens is 2. The van der Waals surface area contributed by atoms with Crippen molar-refractivity contribution in [3.8, 4) is 0 Å². The number of benzene rings is 2. The van der Waals surface area contributed by atoms with Crippen LogP contribution in [0.25, 0.3) is 0 Å². The van der Waals surface area contributed by atoms with Crippen molar-refractivity contribution in [1.82, 2.24) is 0 Å². The normalized spacial score (nSPS) is 10.3. The van der Waals surface area contributed by atoms with Crippen molar-refractivity contribution in [1.29, 1.82) is 0 Å². The molecule has 0 spiro atoms. The van der Waals surface area contributed by atoms with E-state index in [-0.39, 0.29) is 29.3 Å². The van der Waals surface area contributed by atoms with E-state index in [4.69, 9.17) is 11.5 Å². The molecule has 2 aromatic carbocycles. The minimum atomic E-state index is -0.740. The number of rotatable bonds is 4. The lowest BCUT2D eigenvalue weighted by molar-refractivity contribution is 0.100. The molecule has 0 saturated carbocycles. The van der Waals surface area contributed by atoms with Crippen molar-refractivity contribution in [2.75, 3.05) is 11.1 Å². The molecule has 0 radical (unpaired) electrons. The van der Waals surface area contributed by atoms with Crippen molar-refractivity contribution in [3.05, 3.63) is 59.2 Å². The molecule has 0 bridgehead atoms. The van der Waals surface area contributed by atoms with Gasteiger partial charge in [0.2, 0.25) is 0 Å². The molecular weight excluding hydrogens is 264 g/mol. The zero-order valence-corrected chi connectivity index (χ0v) is 10.5. The molecule has 0 heterocycles. The van der Waals surface area contributed by atoms with Crippen molar-refractivity contribution in [2.45, 2.75) is 6.54 Å². The molecule has 6 heteroatoms. The fraction of sp³-hybridized carbons (Fsp3) is 0.0714. The summed E-state index contributed by atoms with van der Waals surface area (Å²) in [6.07, 6.45) is 0. The van der Waals surface area contributed by atoms with Crippen LogP contribution in [0.15, 0.2) is 36.4 Å². The van der Waals surface area contributed by atoms with E-state index in [0.29, 0.717) is 5.56 Å². The molecule has 0 aliphatic carbocycles. The van der Waals surface area contributed by atoms with Gasteiger partial charge in [-0.25, -0.2) is 8.78 Å². The van der Waals surface area contributed by atoms with Crippen LogP contribution in [0.1, 0.15) is 15.9 Å². The fourth-order valence-electron chi connectivity index (χ4n) is 1.78. The zero-order chi connectivity index (χ0) is 14.7. The Morgan fingerprint density at radius 1 is 1.20 bits per heavy atom. The molecule has 4 nitrogen and oxygen atoms in total. The quantitative estimate of drug-likeness (QED) is 0.750. The Morgan fingerprint density at radius 3 is 2.60 bits per heavy atom. The molecule has 2 rings (SSSR count). The van der Waals surface area contributed by atoms with Crippen molar-refractivity contribution in [2.24, 2.45) is 5.73 Å². The molecule has 1 amide bonds. The third kappa shape index (κ3) is 3.03. The second-order valence-corrected chi connectivity index (χ2v) is 4.27. The number of amides is 1. The summed E-state index contributed by atoms with van der Waals surface area (Å²) in [5, 5.41) is 2.77. The third-order valence-electron chi connectivity index (χ3n) is 2.78. The average molecular weight is 277 g/mol. The maximum absolute atomic E-state index is 13.7. The molecule has 20 heavy (non-hydrogen) atoms. The van der Waals surface area contributed by atoms with Gasteiger partial charge in [0.05, 0.1) is 11.3 Å². The number of carbonyl (C=O) groups excluding carboxylic acids is 1. The summed E-state index contributed by atoms with van der Waals surface area (Å²) in [6, 6.07) is 8.16. The van der Waals surface area contributed by atoms with Crippen LogP contribution in [-0.4, -0.2) is 5.91 Å². The minimum Gasteiger partial charge on any atom is -0.398 e. The first kappa shape index (κ1) is 13.8. The number of nitrogens with one attached hydrogen (secondary N) is 1. The second-order valence-electron chi connectivity index (χ2n) is 4.27. The highest BCUT2D eigenvalue weighted by atomic mass is 19.1. The van der Waals surface area contributed by atoms with Gasteiger partial charge in [-0.15, -0.1) is 0 Å². The predicted molar refractivity (Wildman–Crippen MR) is 73.1 cm³/mol. The van der Waals surface area contributed by atoms with Gasteiger partial charge in [0.25, 0.3) is 5.91 Å². The highest BCUT2D eigenvalue weighted by Crippen LogP contribution is 2.22. The smallest absolute Gasteiger partial charge is 0.250 e. The van der Waals surface area contributed by atoms with E-state index in [0.717, 1.165) is 6.07 Å². The highest BCUT2D eigenvalue weighted by Gasteiger charge is 2.11. The SMILES string of the molecule is NC(=O)c1cc(NCc2cccc(F)c2)c(F)cc1N. The molecule has 0 unspecified atom stereocenters. The number of nitrogen functional groups attached to an aromatic ring is 1. The summed E-state index contributed by atoms with van der Waals surface area (Å²) in [6.45, 7) is 0.205. The number of hydrogen-bond acceptors (Lipinski definition) is 3. The molecule has 0 atom stereocenters. The summed E-state index contributed by atoms with van der Waals surface area (Å²) in [5.41, 5.74) is 11.4. The number of carbonyl (C=O) groups is 1. The maximum Gasteiger partial charge on any atom is 0.250 e. The average Bonchev–Trinajstić information content (AvgIpc) is 2.37. The summed E-state index contributed by atoms with van der Waals surface area (Å²) in [5.74, 6) is -1.72. The van der Waals surface area contributed by atoms with Crippen molar-refractivity contribution >= 4 is 17.3 Å². The Kier molecular flexibility index (Phi) is 3.84. The van der Waals surface area contributed by atoms with Gasteiger partial charge in [0.1, 0.15) is 11.6 Å². The summed E-state index contributed by atoms with van der Waals surface area (Å²) >= 11 is 0. The molecule has 0 fully saturated rings. The zero-order valence-electron chi connectivity index (χ0n) is 10.5. The largest absolute Gasteiger partial charge is 0.398 e. The Hall–Kier alpha value is -2.63. The minimum absolute atomic E-state index is 0.0219. The van der Waals surface area contributed by atoms with Gasteiger partial charge < -0.3 is 16.8 Å². The number of nitrogens with two attached hydrogens (primary N) is 2. The summed E-state index contributed by atoms with van der Waals surface area (Å²) < 4.78 is 26.7. The van der Waals surface area contributed by atoms with E-state index in [1.165, 1.54) is 18.2 Å². The number of anilines is 2. The first-order valence-electron chi connectivity index (χ1n) is 5.84. The number of hydrogen-bond donors (Lipinski definition) is 3. The monoisotopic (exact) mass is 277 g/mol. The van der Waals surface area contributed by atoms with Crippen molar-refractivity contribution < 1.29 is 13.6 Å². The Morgan fingerprint density at radius 2 is 1.95 bits per heavy atom.